The summed E-state index contributed by atoms with van der Waals surface area (Å²) in [4.78, 5) is 54.3. The van der Waals surface area contributed by atoms with Crippen LogP contribution in [-0.4, -0.2) is 50.3 Å². The molecule has 0 spiro atoms. The Morgan fingerprint density at radius 3 is 0.935 bits per heavy atom. The Hall–Kier alpha value is -2.12. The second kappa shape index (κ2) is 41.6. The Morgan fingerprint density at radius 1 is 0.323 bits per heavy atom. The third-order valence-electron chi connectivity index (χ3n) is 12.3. The summed E-state index contributed by atoms with van der Waals surface area (Å²) in [5, 5.41) is 0. The number of carbonyl (C=O) groups is 4. The van der Waals surface area contributed by atoms with E-state index in [1.54, 1.807) is 6.92 Å². The van der Waals surface area contributed by atoms with Crippen LogP contribution in [0, 0.1) is 41.4 Å². The molecule has 8 nitrogen and oxygen atoms in total. The molecule has 0 radical (unpaired) electrons. The van der Waals surface area contributed by atoms with Gasteiger partial charge in [-0.25, -0.2) is 0 Å². The van der Waals surface area contributed by atoms with E-state index in [9.17, 15) is 19.2 Å². The fraction of sp³-hybridized carbons (Fsp3) is 0.926. The van der Waals surface area contributed by atoms with Crippen molar-refractivity contribution in [2.24, 2.45) is 41.4 Å². The summed E-state index contributed by atoms with van der Waals surface area (Å²) in [6.07, 6.45) is 30.7. The average molecular weight is 879 g/mol. The van der Waals surface area contributed by atoms with Crippen molar-refractivity contribution in [3.8, 4) is 0 Å². The van der Waals surface area contributed by atoms with E-state index in [4.69, 9.17) is 18.9 Å². The fourth-order valence-corrected chi connectivity index (χ4v) is 8.01. The minimum Gasteiger partial charge on any atom is -0.466 e. The van der Waals surface area contributed by atoms with E-state index < -0.39 is 41.6 Å². The molecule has 0 aliphatic heterocycles. The van der Waals surface area contributed by atoms with Gasteiger partial charge in [0.25, 0.3) is 0 Å². The monoisotopic (exact) mass is 879 g/mol. The van der Waals surface area contributed by atoms with E-state index in [1.807, 2.05) is 0 Å². The molecule has 0 aliphatic carbocycles. The molecular weight excluding hydrogens is 777 g/mol. The normalized spacial score (nSPS) is 13.2. The van der Waals surface area contributed by atoms with Crippen LogP contribution in [0.25, 0.3) is 0 Å². The molecule has 0 saturated heterocycles. The van der Waals surface area contributed by atoms with Gasteiger partial charge in [-0.1, -0.05) is 216 Å². The highest BCUT2D eigenvalue weighted by Gasteiger charge is 2.38. The number of esters is 4. The number of carbonyl (C=O) groups excluding carboxylic acids is 4. The largest absolute Gasteiger partial charge is 0.466 e. The van der Waals surface area contributed by atoms with Crippen LogP contribution in [0.1, 0.15) is 255 Å². The van der Waals surface area contributed by atoms with E-state index in [1.165, 1.54) is 103 Å². The molecule has 0 aromatic heterocycles. The molecule has 0 N–H and O–H groups in total. The summed E-state index contributed by atoms with van der Waals surface area (Å²) in [7, 11) is 0. The van der Waals surface area contributed by atoms with Gasteiger partial charge >= 0.3 is 23.9 Å². The van der Waals surface area contributed by atoms with Crippen LogP contribution in [-0.2, 0) is 38.1 Å². The van der Waals surface area contributed by atoms with Gasteiger partial charge in [-0.3, -0.25) is 19.2 Å². The molecule has 8 heteroatoms. The van der Waals surface area contributed by atoms with Gasteiger partial charge in [0.15, 0.2) is 0 Å². The van der Waals surface area contributed by atoms with Crippen LogP contribution in [0.5, 0.6) is 0 Å². The molecule has 0 fully saturated rings. The molecule has 0 aromatic rings. The van der Waals surface area contributed by atoms with Crippen molar-refractivity contribution in [1.82, 2.24) is 0 Å². The summed E-state index contributed by atoms with van der Waals surface area (Å²) in [5.74, 6) is -1.81. The van der Waals surface area contributed by atoms with Crippen molar-refractivity contribution in [3.05, 3.63) is 0 Å². The van der Waals surface area contributed by atoms with Gasteiger partial charge in [-0.15, -0.1) is 0 Å². The maximum absolute atomic E-state index is 13.8. The number of hydrogen-bond acceptors (Lipinski definition) is 8. The minimum absolute atomic E-state index is 0.0402. The van der Waals surface area contributed by atoms with Gasteiger partial charge in [-0.05, 0) is 55.8 Å². The molecule has 0 aliphatic rings. The molecule has 0 saturated carbocycles. The lowest BCUT2D eigenvalue weighted by Crippen LogP contribution is -2.35. The van der Waals surface area contributed by atoms with Crippen molar-refractivity contribution in [2.45, 2.75) is 255 Å². The van der Waals surface area contributed by atoms with E-state index in [-0.39, 0.29) is 26.1 Å². The first-order chi connectivity index (χ1) is 29.7. The van der Waals surface area contributed by atoms with Gasteiger partial charge in [0.1, 0.15) is 0 Å². The third-order valence-corrected chi connectivity index (χ3v) is 12.3. The van der Waals surface area contributed by atoms with Crippen LogP contribution >= 0.6 is 0 Å². The van der Waals surface area contributed by atoms with E-state index in [0.717, 1.165) is 101 Å². The first-order valence-electron chi connectivity index (χ1n) is 26.4. The molecule has 0 heterocycles. The van der Waals surface area contributed by atoms with Crippen LogP contribution in [0.2, 0.25) is 0 Å². The van der Waals surface area contributed by atoms with E-state index >= 15 is 0 Å². The predicted octanol–water partition coefficient (Wildman–Crippen LogP) is 15.4. The van der Waals surface area contributed by atoms with Gasteiger partial charge in [0, 0.05) is 0 Å². The predicted molar refractivity (Wildman–Crippen MR) is 258 cm³/mol. The van der Waals surface area contributed by atoms with Crippen molar-refractivity contribution in [1.29, 1.82) is 0 Å². The molecular formula is C54H102O8. The zero-order valence-corrected chi connectivity index (χ0v) is 42.3. The number of unbranched alkanes of at least 4 members (excludes halogenated alkanes) is 20. The SMILES string of the molecule is CC(C)CCCCCCCCOC(=O)CC(CC(C(=O)OCCCCCCCCC(C)C)C(C)C(=O)OCCCCCCCCC(C)C)C(=O)OCCCCCCCCC(C)C. The number of ether oxygens (including phenoxy) is 4. The minimum atomic E-state index is -0.952. The molecule has 3 unspecified atom stereocenters. The highest BCUT2D eigenvalue weighted by atomic mass is 16.5. The van der Waals surface area contributed by atoms with Crippen LogP contribution in [0.4, 0.5) is 0 Å². The first kappa shape index (κ1) is 59.9. The van der Waals surface area contributed by atoms with Crippen LogP contribution in [0.15, 0.2) is 0 Å². The van der Waals surface area contributed by atoms with Crippen molar-refractivity contribution in [3.63, 3.8) is 0 Å². The molecule has 0 rings (SSSR count). The molecule has 3 atom stereocenters. The van der Waals surface area contributed by atoms with Gasteiger partial charge in [-0.2, -0.15) is 0 Å². The molecule has 0 aromatic carbocycles. The summed E-state index contributed by atoms with van der Waals surface area (Å²) in [6, 6.07) is 0. The average Bonchev–Trinajstić information content (AvgIpc) is 3.21. The highest BCUT2D eigenvalue weighted by Crippen LogP contribution is 2.28. The third kappa shape index (κ3) is 38.3. The van der Waals surface area contributed by atoms with Gasteiger partial charge in [0.2, 0.25) is 0 Å². The van der Waals surface area contributed by atoms with Gasteiger partial charge in [0.05, 0.1) is 50.6 Å². The second-order valence-corrected chi connectivity index (χ2v) is 20.5. The lowest BCUT2D eigenvalue weighted by Gasteiger charge is -2.25. The highest BCUT2D eigenvalue weighted by molar-refractivity contribution is 5.84. The molecule has 366 valence electrons. The second-order valence-electron chi connectivity index (χ2n) is 20.5. The Kier molecular flexibility index (Phi) is 40.2. The summed E-state index contributed by atoms with van der Waals surface area (Å²) >= 11 is 0. The van der Waals surface area contributed by atoms with Crippen molar-refractivity contribution in [2.75, 3.05) is 26.4 Å². The standard InChI is InChI=1S/C54H102O8/c1-44(2)34-26-18-10-14-22-30-38-59-51(55)43-49(53(57)61-40-32-24-16-12-20-28-36-46(5)6)42-50(54(58)62-41-33-25-17-13-21-29-37-47(7)8)48(9)52(56)60-39-31-23-15-11-19-27-35-45(3)4/h44-50H,10-43H2,1-9H3. The van der Waals surface area contributed by atoms with E-state index in [2.05, 4.69) is 55.4 Å². The smallest absolute Gasteiger partial charge is 0.309 e. The Morgan fingerprint density at radius 2 is 0.597 bits per heavy atom. The molecule has 0 bridgehead atoms. The topological polar surface area (TPSA) is 105 Å². The zero-order chi connectivity index (χ0) is 46.2. The Labute approximate surface area is 383 Å². The lowest BCUT2D eigenvalue weighted by atomic mass is 9.84. The molecule has 0 amide bonds. The summed E-state index contributed by atoms with van der Waals surface area (Å²) in [5.41, 5.74) is 0. The van der Waals surface area contributed by atoms with Gasteiger partial charge < -0.3 is 18.9 Å². The lowest BCUT2D eigenvalue weighted by molar-refractivity contribution is -0.164. The fourth-order valence-electron chi connectivity index (χ4n) is 8.01. The zero-order valence-electron chi connectivity index (χ0n) is 42.3. The number of rotatable bonds is 44. The van der Waals surface area contributed by atoms with Crippen molar-refractivity contribution >= 4 is 23.9 Å². The maximum atomic E-state index is 13.8. The number of hydrogen-bond donors (Lipinski definition) is 0. The van der Waals surface area contributed by atoms with Crippen LogP contribution in [0.3, 0.4) is 0 Å². The van der Waals surface area contributed by atoms with Crippen LogP contribution < -0.4 is 0 Å². The van der Waals surface area contributed by atoms with E-state index in [0.29, 0.717) is 13.2 Å². The Balaban J connectivity index is 5.56. The first-order valence-corrected chi connectivity index (χ1v) is 26.4. The maximum Gasteiger partial charge on any atom is 0.309 e. The molecule has 62 heavy (non-hydrogen) atoms. The Bertz CT molecular complexity index is 1070. The van der Waals surface area contributed by atoms with Crippen molar-refractivity contribution < 1.29 is 38.1 Å². The summed E-state index contributed by atoms with van der Waals surface area (Å²) < 4.78 is 23.0. The summed E-state index contributed by atoms with van der Waals surface area (Å²) in [6.45, 7) is 20.9. The quantitative estimate of drug-likeness (QED) is 0.0338.